The highest BCUT2D eigenvalue weighted by molar-refractivity contribution is 6.30. The molecule has 0 aromatic heterocycles. The molecule has 0 radical (unpaired) electrons. The lowest BCUT2D eigenvalue weighted by Gasteiger charge is -2.51. The molecule has 1 saturated carbocycles. The number of halogens is 1. The van der Waals surface area contributed by atoms with Crippen LogP contribution in [0, 0.1) is 23.2 Å². The van der Waals surface area contributed by atoms with Crippen LogP contribution in [-0.4, -0.2) is 46.6 Å². The van der Waals surface area contributed by atoms with Gasteiger partial charge in [0.2, 0.25) is 5.91 Å². The lowest BCUT2D eigenvalue weighted by molar-refractivity contribution is -0.155. The van der Waals surface area contributed by atoms with E-state index in [4.69, 9.17) is 11.6 Å². The Bertz CT molecular complexity index is 964. The SMILES string of the molecule is CC(C)CCC1(NC(=O)N[C@@H](C(=O)N2CC[C@](O)(c3ccc(Cl)cc3)C(C)(C)C2)C(C)C)CCCC(C)C1. The van der Waals surface area contributed by atoms with Crippen LogP contribution < -0.4 is 10.6 Å². The number of amides is 3. The second-order valence-electron chi connectivity index (χ2n) is 13.5. The fraction of sp³-hybridized carbons (Fsp3) is 0.742. The number of nitrogens with one attached hydrogen (secondary N) is 2. The molecule has 6 nitrogen and oxygen atoms in total. The number of likely N-dealkylation sites (tertiary alicyclic amines) is 1. The molecular formula is C31H50ClN3O3. The zero-order valence-corrected chi connectivity index (χ0v) is 25.3. The minimum absolute atomic E-state index is 0.0645. The summed E-state index contributed by atoms with van der Waals surface area (Å²) in [5.74, 6) is 1.00. The van der Waals surface area contributed by atoms with Crippen molar-refractivity contribution in [2.24, 2.45) is 23.2 Å². The van der Waals surface area contributed by atoms with Gasteiger partial charge in [0.25, 0.3) is 0 Å². The van der Waals surface area contributed by atoms with E-state index in [1.54, 1.807) is 12.1 Å². The van der Waals surface area contributed by atoms with Gasteiger partial charge < -0.3 is 20.6 Å². The lowest BCUT2D eigenvalue weighted by Crippen LogP contribution is -2.62. The number of urea groups is 1. The smallest absolute Gasteiger partial charge is 0.315 e. The predicted octanol–water partition coefficient (Wildman–Crippen LogP) is 6.50. The molecule has 7 heteroatoms. The van der Waals surface area contributed by atoms with Crippen LogP contribution in [-0.2, 0) is 10.4 Å². The van der Waals surface area contributed by atoms with E-state index < -0.39 is 17.1 Å². The topological polar surface area (TPSA) is 81.7 Å². The number of hydrogen-bond acceptors (Lipinski definition) is 3. The van der Waals surface area contributed by atoms with Crippen LogP contribution in [0.5, 0.6) is 0 Å². The molecule has 2 fully saturated rings. The summed E-state index contributed by atoms with van der Waals surface area (Å²) < 4.78 is 0. The third-order valence-electron chi connectivity index (χ3n) is 8.97. The van der Waals surface area contributed by atoms with Crippen molar-refractivity contribution in [3.63, 3.8) is 0 Å². The van der Waals surface area contributed by atoms with Gasteiger partial charge in [0.05, 0.1) is 5.60 Å². The van der Waals surface area contributed by atoms with Crippen LogP contribution in [0.2, 0.25) is 5.02 Å². The zero-order chi connectivity index (χ0) is 28.3. The first kappa shape index (κ1) is 30.7. The van der Waals surface area contributed by atoms with Crippen molar-refractivity contribution in [2.75, 3.05) is 13.1 Å². The first-order chi connectivity index (χ1) is 17.7. The van der Waals surface area contributed by atoms with Gasteiger partial charge >= 0.3 is 6.03 Å². The monoisotopic (exact) mass is 547 g/mol. The highest BCUT2D eigenvalue weighted by Gasteiger charge is 2.50. The number of nitrogens with zero attached hydrogens (tertiary/aromatic N) is 1. The number of carbonyl (C=O) groups excluding carboxylic acids is 2. The fourth-order valence-corrected chi connectivity index (χ4v) is 6.65. The standard InChI is InChI=1S/C31H50ClN3O3/c1-21(2)14-16-30(15-8-9-23(5)19-30)34-28(37)33-26(22(3)4)27(36)35-18-17-31(38,29(6,7)20-35)24-10-12-25(32)13-11-24/h10-13,21-23,26,38H,8-9,14-20H2,1-7H3,(H2,33,34,37)/t23?,26-,30?,31+/m1/s1. The fourth-order valence-electron chi connectivity index (χ4n) is 6.53. The molecular weight excluding hydrogens is 498 g/mol. The van der Waals surface area contributed by atoms with E-state index in [0.29, 0.717) is 36.4 Å². The number of carbonyl (C=O) groups is 2. The first-order valence-electron chi connectivity index (χ1n) is 14.5. The minimum Gasteiger partial charge on any atom is -0.384 e. The molecule has 3 amide bonds. The number of benzene rings is 1. The Hall–Kier alpha value is -1.79. The molecule has 1 aliphatic carbocycles. The van der Waals surface area contributed by atoms with Crippen LogP contribution in [0.3, 0.4) is 0 Å². The van der Waals surface area contributed by atoms with Crippen LogP contribution >= 0.6 is 11.6 Å². The van der Waals surface area contributed by atoms with Gasteiger partial charge in [-0.3, -0.25) is 4.79 Å². The molecule has 1 aromatic rings. The Morgan fingerprint density at radius 3 is 2.34 bits per heavy atom. The maximum Gasteiger partial charge on any atom is 0.315 e. The van der Waals surface area contributed by atoms with Gasteiger partial charge in [0, 0.05) is 29.1 Å². The maximum atomic E-state index is 13.8. The van der Waals surface area contributed by atoms with Crippen molar-refractivity contribution in [1.29, 1.82) is 0 Å². The van der Waals surface area contributed by atoms with E-state index in [9.17, 15) is 14.7 Å². The second-order valence-corrected chi connectivity index (χ2v) is 13.9. The molecule has 1 aliphatic heterocycles. The quantitative estimate of drug-likeness (QED) is 0.347. The Morgan fingerprint density at radius 1 is 1.13 bits per heavy atom. The van der Waals surface area contributed by atoms with E-state index in [0.717, 1.165) is 37.7 Å². The molecule has 1 heterocycles. The summed E-state index contributed by atoms with van der Waals surface area (Å²) in [6, 6.07) is 6.44. The van der Waals surface area contributed by atoms with Crippen LogP contribution in [0.1, 0.15) is 99.0 Å². The maximum absolute atomic E-state index is 13.8. The van der Waals surface area contributed by atoms with E-state index in [2.05, 4.69) is 31.4 Å². The molecule has 1 aromatic carbocycles. The molecule has 2 unspecified atom stereocenters. The Balaban J connectivity index is 1.71. The van der Waals surface area contributed by atoms with Crippen molar-refractivity contribution in [3.8, 4) is 0 Å². The van der Waals surface area contributed by atoms with E-state index in [1.807, 2.05) is 44.7 Å². The van der Waals surface area contributed by atoms with Crippen LogP contribution in [0.25, 0.3) is 0 Å². The third-order valence-corrected chi connectivity index (χ3v) is 9.22. The molecule has 3 N–H and O–H groups in total. The summed E-state index contributed by atoms with van der Waals surface area (Å²) >= 11 is 6.07. The largest absolute Gasteiger partial charge is 0.384 e. The van der Waals surface area contributed by atoms with Gasteiger partial charge in [-0.2, -0.15) is 0 Å². The summed E-state index contributed by atoms with van der Waals surface area (Å²) in [5, 5.41) is 18.7. The highest BCUT2D eigenvalue weighted by atomic mass is 35.5. The van der Waals surface area contributed by atoms with Crippen molar-refractivity contribution < 1.29 is 14.7 Å². The minimum atomic E-state index is -1.08. The van der Waals surface area contributed by atoms with Gasteiger partial charge in [-0.1, -0.05) is 85.0 Å². The van der Waals surface area contributed by atoms with Crippen molar-refractivity contribution >= 4 is 23.5 Å². The van der Waals surface area contributed by atoms with E-state index in [1.165, 1.54) is 6.42 Å². The lowest BCUT2D eigenvalue weighted by atomic mass is 9.66. The molecule has 214 valence electrons. The summed E-state index contributed by atoms with van der Waals surface area (Å²) in [4.78, 5) is 29.0. The summed E-state index contributed by atoms with van der Waals surface area (Å²) in [7, 11) is 0. The Morgan fingerprint density at radius 2 is 1.79 bits per heavy atom. The average molecular weight is 548 g/mol. The van der Waals surface area contributed by atoms with Crippen LogP contribution in [0.4, 0.5) is 4.79 Å². The Labute approximate surface area is 235 Å². The highest BCUT2D eigenvalue weighted by Crippen LogP contribution is 2.46. The Kier molecular flexibility index (Phi) is 9.84. The van der Waals surface area contributed by atoms with Crippen LogP contribution in [0.15, 0.2) is 24.3 Å². The van der Waals surface area contributed by atoms with E-state index >= 15 is 0 Å². The second kappa shape index (κ2) is 12.2. The number of rotatable bonds is 8. The van der Waals surface area contributed by atoms with Gasteiger partial charge in [-0.05, 0) is 67.6 Å². The predicted molar refractivity (Wildman–Crippen MR) is 155 cm³/mol. The van der Waals surface area contributed by atoms with Gasteiger partial charge in [0.15, 0.2) is 0 Å². The summed E-state index contributed by atoms with van der Waals surface area (Å²) in [6.45, 7) is 15.5. The average Bonchev–Trinajstić information content (AvgIpc) is 2.83. The molecule has 38 heavy (non-hydrogen) atoms. The molecule has 0 spiro atoms. The first-order valence-corrected chi connectivity index (χ1v) is 14.9. The number of hydrogen-bond donors (Lipinski definition) is 3. The normalized spacial score (nSPS) is 28.3. The van der Waals surface area contributed by atoms with Crippen molar-refractivity contribution in [2.45, 2.75) is 111 Å². The van der Waals surface area contributed by atoms with Gasteiger partial charge in [-0.15, -0.1) is 0 Å². The number of aliphatic hydroxyl groups is 1. The van der Waals surface area contributed by atoms with E-state index in [-0.39, 0.29) is 23.4 Å². The molecule has 3 rings (SSSR count). The summed E-state index contributed by atoms with van der Waals surface area (Å²) in [6.07, 6.45) is 6.74. The number of piperidine rings is 1. The molecule has 0 bridgehead atoms. The summed E-state index contributed by atoms with van der Waals surface area (Å²) in [5.41, 5.74) is -1.06. The third kappa shape index (κ3) is 7.04. The van der Waals surface area contributed by atoms with Gasteiger partial charge in [0.1, 0.15) is 6.04 Å². The molecule has 1 saturated heterocycles. The molecule has 4 atom stereocenters. The van der Waals surface area contributed by atoms with Gasteiger partial charge in [-0.25, -0.2) is 4.79 Å². The molecule has 2 aliphatic rings. The van der Waals surface area contributed by atoms with Crippen molar-refractivity contribution in [3.05, 3.63) is 34.9 Å². The van der Waals surface area contributed by atoms with Crippen molar-refractivity contribution in [1.82, 2.24) is 15.5 Å². The zero-order valence-electron chi connectivity index (χ0n) is 24.6.